The van der Waals surface area contributed by atoms with Gasteiger partial charge in [-0.1, -0.05) is 0 Å². The van der Waals surface area contributed by atoms with E-state index in [0.717, 1.165) is 5.75 Å². The molecule has 0 aromatic carbocycles. The lowest BCUT2D eigenvalue weighted by Gasteiger charge is -2.24. The van der Waals surface area contributed by atoms with Crippen LogP contribution < -0.4 is 10.9 Å². The van der Waals surface area contributed by atoms with Crippen molar-refractivity contribution in [2.24, 2.45) is 0 Å². The fourth-order valence-corrected chi connectivity index (χ4v) is 2.36. The number of carbonyl (C=O) groups excluding carboxylic acids is 1. The second kappa shape index (κ2) is 6.84. The van der Waals surface area contributed by atoms with Crippen LogP contribution in [0.2, 0.25) is 0 Å². The summed E-state index contributed by atoms with van der Waals surface area (Å²) < 4.78 is 0.706. The summed E-state index contributed by atoms with van der Waals surface area (Å²) in [5.74, 6) is 0.846. The Balaban J connectivity index is 2.75. The lowest BCUT2D eigenvalue weighted by atomic mass is 10.3. The molecule has 5 nitrogen and oxygen atoms in total. The van der Waals surface area contributed by atoms with Crippen LogP contribution in [0.5, 0.6) is 0 Å². The Bertz CT molecular complexity index is 478. The van der Waals surface area contributed by atoms with Gasteiger partial charge in [-0.15, -0.1) is 0 Å². The van der Waals surface area contributed by atoms with Crippen molar-refractivity contribution >= 4 is 39.4 Å². The van der Waals surface area contributed by atoms with E-state index in [-0.39, 0.29) is 23.3 Å². The topological polar surface area (TPSA) is 65.2 Å². The van der Waals surface area contributed by atoms with Crippen molar-refractivity contribution in [3.8, 4) is 0 Å². The summed E-state index contributed by atoms with van der Waals surface area (Å²) in [7, 11) is 1.71. The zero-order valence-electron chi connectivity index (χ0n) is 10.5. The second-order valence-electron chi connectivity index (χ2n) is 3.91. The predicted molar refractivity (Wildman–Crippen MR) is 79.4 cm³/mol. The summed E-state index contributed by atoms with van der Waals surface area (Å²) in [5, 5.41) is 2.59. The normalized spacial score (nSPS) is 12.0. The van der Waals surface area contributed by atoms with Crippen molar-refractivity contribution in [2.75, 3.05) is 24.4 Å². The van der Waals surface area contributed by atoms with Gasteiger partial charge in [-0.2, -0.15) is 11.8 Å². The van der Waals surface area contributed by atoms with E-state index in [1.165, 1.54) is 6.20 Å². The van der Waals surface area contributed by atoms with Gasteiger partial charge >= 0.3 is 6.03 Å². The standard InChI is InChI=1S/C11H16BrN3O2S/c1-7(6-18-3)15(2)11(17)14-9-4-8(12)5-13-10(9)16/h4-5,7H,6H2,1-3H3,(H,13,16)(H,14,17). The summed E-state index contributed by atoms with van der Waals surface area (Å²) in [6.07, 6.45) is 3.51. The Kier molecular flexibility index (Phi) is 5.74. The van der Waals surface area contributed by atoms with Crippen LogP contribution in [0.4, 0.5) is 10.5 Å². The van der Waals surface area contributed by atoms with Gasteiger partial charge in [-0.25, -0.2) is 4.79 Å². The number of nitrogens with zero attached hydrogens (tertiary/aromatic N) is 1. The number of thioether (sulfide) groups is 1. The Morgan fingerprint density at radius 1 is 1.67 bits per heavy atom. The number of amides is 2. The van der Waals surface area contributed by atoms with Crippen LogP contribution in [0.1, 0.15) is 6.92 Å². The maximum Gasteiger partial charge on any atom is 0.322 e. The van der Waals surface area contributed by atoms with Crippen molar-refractivity contribution in [1.29, 1.82) is 0 Å². The summed E-state index contributed by atoms with van der Waals surface area (Å²) in [6.45, 7) is 1.96. The minimum Gasteiger partial charge on any atom is -0.326 e. The first-order valence-electron chi connectivity index (χ1n) is 5.36. The van der Waals surface area contributed by atoms with Crippen LogP contribution in [0.15, 0.2) is 21.5 Å². The number of halogens is 1. The molecular formula is C11H16BrN3O2S. The molecule has 1 rings (SSSR count). The maximum atomic E-state index is 11.9. The fourth-order valence-electron chi connectivity index (χ4n) is 1.31. The van der Waals surface area contributed by atoms with Crippen molar-refractivity contribution in [1.82, 2.24) is 9.88 Å². The van der Waals surface area contributed by atoms with Crippen LogP contribution in [0.25, 0.3) is 0 Å². The van der Waals surface area contributed by atoms with Gasteiger partial charge < -0.3 is 15.2 Å². The maximum absolute atomic E-state index is 11.9. The Hall–Kier alpha value is -0.950. The van der Waals surface area contributed by atoms with Crippen LogP contribution in [0, 0.1) is 0 Å². The fraction of sp³-hybridized carbons (Fsp3) is 0.455. The van der Waals surface area contributed by atoms with E-state index in [9.17, 15) is 9.59 Å². The third-order valence-corrected chi connectivity index (χ3v) is 3.77. The minimum absolute atomic E-state index is 0.103. The van der Waals surface area contributed by atoms with E-state index in [4.69, 9.17) is 0 Å². The number of hydrogen-bond acceptors (Lipinski definition) is 3. The number of aromatic nitrogens is 1. The Morgan fingerprint density at radius 2 is 2.33 bits per heavy atom. The molecule has 100 valence electrons. The number of H-pyrrole nitrogens is 1. The average Bonchev–Trinajstić information content (AvgIpc) is 2.33. The quantitative estimate of drug-likeness (QED) is 0.888. The molecule has 0 saturated heterocycles. The summed E-state index contributed by atoms with van der Waals surface area (Å²) in [4.78, 5) is 27.5. The molecule has 1 unspecified atom stereocenters. The Labute approximate surface area is 118 Å². The minimum atomic E-state index is -0.322. The number of urea groups is 1. The van der Waals surface area contributed by atoms with Crippen LogP contribution in [-0.4, -0.2) is 41.0 Å². The smallest absolute Gasteiger partial charge is 0.322 e. The zero-order valence-corrected chi connectivity index (χ0v) is 12.9. The molecule has 2 amide bonds. The number of pyridine rings is 1. The molecule has 0 aliphatic carbocycles. The highest BCUT2D eigenvalue weighted by molar-refractivity contribution is 9.10. The van der Waals surface area contributed by atoms with E-state index >= 15 is 0 Å². The predicted octanol–water partition coefficient (Wildman–Crippen LogP) is 2.35. The monoisotopic (exact) mass is 333 g/mol. The van der Waals surface area contributed by atoms with Crippen molar-refractivity contribution in [3.05, 3.63) is 27.1 Å². The lowest BCUT2D eigenvalue weighted by Crippen LogP contribution is -2.40. The molecule has 1 aromatic rings. The SMILES string of the molecule is CSCC(C)N(C)C(=O)Nc1cc(Br)c[nH]c1=O. The van der Waals surface area contributed by atoms with E-state index < -0.39 is 0 Å². The van der Waals surface area contributed by atoms with Gasteiger partial charge in [-0.3, -0.25) is 4.79 Å². The van der Waals surface area contributed by atoms with E-state index in [1.54, 1.807) is 29.8 Å². The zero-order chi connectivity index (χ0) is 13.7. The first-order chi connectivity index (χ1) is 8.45. The number of anilines is 1. The van der Waals surface area contributed by atoms with Gasteiger partial charge in [-0.05, 0) is 35.2 Å². The summed E-state index contributed by atoms with van der Waals surface area (Å²) in [6, 6.07) is 1.38. The van der Waals surface area contributed by atoms with Gasteiger partial charge in [0.25, 0.3) is 5.56 Å². The molecule has 0 aliphatic heterocycles. The number of carbonyl (C=O) groups is 1. The molecule has 1 atom stereocenters. The first-order valence-corrected chi connectivity index (χ1v) is 7.55. The molecule has 0 fully saturated rings. The van der Waals surface area contributed by atoms with Crippen molar-refractivity contribution < 1.29 is 4.79 Å². The van der Waals surface area contributed by atoms with Gasteiger partial charge in [0.1, 0.15) is 5.69 Å². The number of rotatable bonds is 4. The van der Waals surface area contributed by atoms with Gasteiger partial charge in [0.2, 0.25) is 0 Å². The molecular weight excluding hydrogens is 318 g/mol. The molecule has 7 heteroatoms. The third-order valence-electron chi connectivity index (χ3n) is 2.50. The lowest BCUT2D eigenvalue weighted by molar-refractivity contribution is 0.212. The molecule has 2 N–H and O–H groups in total. The molecule has 0 spiro atoms. The van der Waals surface area contributed by atoms with E-state index in [0.29, 0.717) is 4.47 Å². The highest BCUT2D eigenvalue weighted by atomic mass is 79.9. The van der Waals surface area contributed by atoms with Gasteiger partial charge in [0, 0.05) is 29.5 Å². The van der Waals surface area contributed by atoms with E-state index in [1.807, 2.05) is 13.2 Å². The number of hydrogen-bond donors (Lipinski definition) is 2. The molecule has 0 radical (unpaired) electrons. The number of aromatic amines is 1. The van der Waals surface area contributed by atoms with Gasteiger partial charge in [0.05, 0.1) is 0 Å². The number of nitrogens with one attached hydrogen (secondary N) is 2. The second-order valence-corrected chi connectivity index (χ2v) is 5.73. The molecule has 1 heterocycles. The molecule has 0 saturated carbocycles. The summed E-state index contributed by atoms with van der Waals surface area (Å²) >= 11 is 4.91. The van der Waals surface area contributed by atoms with Crippen LogP contribution in [-0.2, 0) is 0 Å². The summed E-state index contributed by atoms with van der Waals surface area (Å²) in [5.41, 5.74) is -0.0879. The average molecular weight is 334 g/mol. The van der Waals surface area contributed by atoms with Crippen LogP contribution in [0.3, 0.4) is 0 Å². The molecule has 0 aliphatic rings. The largest absolute Gasteiger partial charge is 0.326 e. The highest BCUT2D eigenvalue weighted by Crippen LogP contribution is 2.11. The van der Waals surface area contributed by atoms with Crippen molar-refractivity contribution in [3.63, 3.8) is 0 Å². The first kappa shape index (κ1) is 15.1. The molecule has 1 aromatic heterocycles. The Morgan fingerprint density at radius 3 is 2.94 bits per heavy atom. The van der Waals surface area contributed by atoms with E-state index in [2.05, 4.69) is 26.2 Å². The van der Waals surface area contributed by atoms with Crippen LogP contribution >= 0.6 is 27.7 Å². The highest BCUT2D eigenvalue weighted by Gasteiger charge is 2.16. The molecule has 18 heavy (non-hydrogen) atoms. The van der Waals surface area contributed by atoms with Crippen molar-refractivity contribution in [2.45, 2.75) is 13.0 Å². The van der Waals surface area contributed by atoms with Gasteiger partial charge in [0.15, 0.2) is 0 Å². The third kappa shape index (κ3) is 4.06. The molecule has 0 bridgehead atoms.